The van der Waals surface area contributed by atoms with Gasteiger partial charge in [-0.05, 0) is 24.0 Å². The minimum atomic E-state index is -0.396. The van der Waals surface area contributed by atoms with E-state index in [-0.39, 0.29) is 5.78 Å². The van der Waals surface area contributed by atoms with Gasteiger partial charge in [0, 0.05) is 5.56 Å². The third-order valence-electron chi connectivity index (χ3n) is 2.48. The van der Waals surface area contributed by atoms with Crippen molar-refractivity contribution in [1.29, 1.82) is 0 Å². The van der Waals surface area contributed by atoms with Crippen molar-refractivity contribution in [3.63, 3.8) is 0 Å². The molecule has 1 aromatic carbocycles. The zero-order valence-electron chi connectivity index (χ0n) is 9.46. The summed E-state index contributed by atoms with van der Waals surface area (Å²) in [6.07, 6.45) is 0.673. The van der Waals surface area contributed by atoms with Crippen LogP contribution in [0.2, 0.25) is 0 Å². The first-order valence-electron chi connectivity index (χ1n) is 5.34. The predicted molar refractivity (Wildman–Crippen MR) is 64.8 cm³/mol. The second kappa shape index (κ2) is 5.32. The minimum Gasteiger partial charge on any atom is -0.293 e. The fourth-order valence-electron chi connectivity index (χ4n) is 1.42. The molecule has 1 atom stereocenters. The summed E-state index contributed by atoms with van der Waals surface area (Å²) in [6, 6.07) is 7.73. The van der Waals surface area contributed by atoms with E-state index in [9.17, 15) is 4.79 Å². The van der Waals surface area contributed by atoms with E-state index in [4.69, 9.17) is 11.6 Å². The largest absolute Gasteiger partial charge is 0.293 e. The molecule has 1 rings (SSSR count). The molecule has 0 aliphatic rings. The molecule has 0 heterocycles. The van der Waals surface area contributed by atoms with E-state index in [2.05, 4.69) is 13.8 Å². The Morgan fingerprint density at radius 3 is 2.60 bits per heavy atom. The van der Waals surface area contributed by atoms with Gasteiger partial charge in [0.2, 0.25) is 0 Å². The van der Waals surface area contributed by atoms with Crippen molar-refractivity contribution < 1.29 is 4.79 Å². The van der Waals surface area contributed by atoms with Crippen LogP contribution < -0.4 is 0 Å². The Bertz CT molecular complexity index is 344. The van der Waals surface area contributed by atoms with Gasteiger partial charge in [0.25, 0.3) is 0 Å². The first-order valence-corrected chi connectivity index (χ1v) is 5.78. The highest BCUT2D eigenvalue weighted by Gasteiger charge is 2.15. The summed E-state index contributed by atoms with van der Waals surface area (Å²) < 4.78 is 0. The van der Waals surface area contributed by atoms with Crippen molar-refractivity contribution >= 4 is 17.4 Å². The molecule has 0 spiro atoms. The van der Waals surface area contributed by atoms with Crippen LogP contribution in [0.1, 0.15) is 49.0 Å². The number of rotatable bonds is 4. The first kappa shape index (κ1) is 12.3. The van der Waals surface area contributed by atoms with E-state index in [0.717, 1.165) is 5.56 Å². The van der Waals surface area contributed by atoms with Crippen LogP contribution in [0.5, 0.6) is 0 Å². The lowest BCUT2D eigenvalue weighted by Crippen LogP contribution is -2.13. The average Bonchev–Trinajstić information content (AvgIpc) is 2.27. The number of hydrogen-bond acceptors (Lipinski definition) is 1. The van der Waals surface area contributed by atoms with Gasteiger partial charge < -0.3 is 0 Å². The molecule has 0 aliphatic carbocycles. The number of ketones is 1. The maximum atomic E-state index is 11.8. The van der Waals surface area contributed by atoms with Crippen molar-refractivity contribution in [3.8, 4) is 0 Å². The number of alkyl halides is 1. The van der Waals surface area contributed by atoms with Gasteiger partial charge in [-0.25, -0.2) is 0 Å². The summed E-state index contributed by atoms with van der Waals surface area (Å²) in [6.45, 7) is 6.14. The molecule has 82 valence electrons. The number of carbonyl (C=O) groups is 1. The van der Waals surface area contributed by atoms with Crippen LogP contribution in [0.3, 0.4) is 0 Å². The van der Waals surface area contributed by atoms with Gasteiger partial charge in [-0.3, -0.25) is 4.79 Å². The molecule has 0 fully saturated rings. The van der Waals surface area contributed by atoms with Crippen LogP contribution in [-0.2, 0) is 0 Å². The maximum absolute atomic E-state index is 11.8. The standard InChI is InChI=1S/C13H17ClO/c1-4-12(14)13(15)11-7-5-6-10(8-11)9(2)3/h5-9,12H,4H2,1-3H3. The highest BCUT2D eigenvalue weighted by Crippen LogP contribution is 2.18. The van der Waals surface area contributed by atoms with Crippen LogP contribution in [-0.4, -0.2) is 11.2 Å². The van der Waals surface area contributed by atoms with E-state index in [1.807, 2.05) is 31.2 Å². The Morgan fingerprint density at radius 1 is 1.40 bits per heavy atom. The van der Waals surface area contributed by atoms with Crippen molar-refractivity contribution in [3.05, 3.63) is 35.4 Å². The summed E-state index contributed by atoms with van der Waals surface area (Å²) in [5.74, 6) is 0.467. The molecule has 0 aromatic heterocycles. The van der Waals surface area contributed by atoms with Gasteiger partial charge in [0.1, 0.15) is 0 Å². The van der Waals surface area contributed by atoms with Crippen molar-refractivity contribution in [1.82, 2.24) is 0 Å². The van der Waals surface area contributed by atoms with Gasteiger partial charge >= 0.3 is 0 Å². The molecule has 1 aromatic rings. The highest BCUT2D eigenvalue weighted by atomic mass is 35.5. The van der Waals surface area contributed by atoms with Crippen LogP contribution in [0.4, 0.5) is 0 Å². The Kier molecular flexibility index (Phi) is 4.34. The Morgan fingerprint density at radius 2 is 2.07 bits per heavy atom. The zero-order chi connectivity index (χ0) is 11.4. The first-order chi connectivity index (χ1) is 7.06. The molecule has 15 heavy (non-hydrogen) atoms. The van der Waals surface area contributed by atoms with Crippen LogP contribution in [0.25, 0.3) is 0 Å². The molecule has 0 N–H and O–H groups in total. The summed E-state index contributed by atoms with van der Waals surface area (Å²) in [5.41, 5.74) is 1.91. The lowest BCUT2D eigenvalue weighted by Gasteiger charge is -2.09. The topological polar surface area (TPSA) is 17.1 Å². The fourth-order valence-corrected chi connectivity index (χ4v) is 1.54. The number of carbonyl (C=O) groups excluding carboxylic acids is 1. The molecule has 0 radical (unpaired) electrons. The van der Waals surface area contributed by atoms with Crippen LogP contribution in [0.15, 0.2) is 24.3 Å². The molecule has 0 saturated carbocycles. The van der Waals surface area contributed by atoms with Gasteiger partial charge in [-0.2, -0.15) is 0 Å². The summed E-state index contributed by atoms with van der Waals surface area (Å²) in [5, 5.41) is -0.396. The Labute approximate surface area is 96.5 Å². The fraction of sp³-hybridized carbons (Fsp3) is 0.462. The third-order valence-corrected chi connectivity index (χ3v) is 2.99. The smallest absolute Gasteiger partial charge is 0.180 e. The van der Waals surface area contributed by atoms with E-state index >= 15 is 0 Å². The van der Waals surface area contributed by atoms with Gasteiger partial charge in [0.15, 0.2) is 5.78 Å². The minimum absolute atomic E-state index is 0.0293. The van der Waals surface area contributed by atoms with Crippen molar-refractivity contribution in [2.24, 2.45) is 0 Å². The summed E-state index contributed by atoms with van der Waals surface area (Å²) in [4.78, 5) is 11.8. The van der Waals surface area contributed by atoms with E-state index in [0.29, 0.717) is 12.3 Å². The molecule has 0 saturated heterocycles. The lowest BCUT2D eigenvalue weighted by atomic mass is 9.98. The molecule has 1 nitrogen and oxygen atoms in total. The monoisotopic (exact) mass is 224 g/mol. The second-order valence-electron chi connectivity index (χ2n) is 4.02. The molecule has 0 amide bonds. The Hall–Kier alpha value is -0.820. The van der Waals surface area contributed by atoms with Crippen molar-refractivity contribution in [2.75, 3.05) is 0 Å². The number of Topliss-reactive ketones (excluding diaryl/α,β-unsaturated/α-hetero) is 1. The predicted octanol–water partition coefficient (Wildman–Crippen LogP) is 4.01. The van der Waals surface area contributed by atoms with Gasteiger partial charge in [-0.15, -0.1) is 11.6 Å². The number of halogens is 1. The molecular formula is C13H17ClO. The third kappa shape index (κ3) is 3.07. The highest BCUT2D eigenvalue weighted by molar-refractivity contribution is 6.33. The van der Waals surface area contributed by atoms with Gasteiger partial charge in [-0.1, -0.05) is 39.0 Å². The molecular weight excluding hydrogens is 208 g/mol. The SMILES string of the molecule is CCC(Cl)C(=O)c1cccc(C(C)C)c1. The van der Waals surface area contributed by atoms with E-state index < -0.39 is 5.38 Å². The average molecular weight is 225 g/mol. The second-order valence-corrected chi connectivity index (χ2v) is 4.55. The molecule has 2 heteroatoms. The van der Waals surface area contributed by atoms with Crippen LogP contribution in [0, 0.1) is 0 Å². The van der Waals surface area contributed by atoms with Crippen molar-refractivity contribution in [2.45, 2.75) is 38.5 Å². The Balaban J connectivity index is 2.95. The van der Waals surface area contributed by atoms with Gasteiger partial charge in [0.05, 0.1) is 5.38 Å². The van der Waals surface area contributed by atoms with Crippen LogP contribution >= 0.6 is 11.6 Å². The van der Waals surface area contributed by atoms with E-state index in [1.165, 1.54) is 5.56 Å². The normalized spacial score (nSPS) is 12.9. The molecule has 1 unspecified atom stereocenters. The maximum Gasteiger partial charge on any atom is 0.180 e. The quantitative estimate of drug-likeness (QED) is 0.558. The van der Waals surface area contributed by atoms with E-state index in [1.54, 1.807) is 0 Å². The molecule has 0 aliphatic heterocycles. The molecule has 0 bridgehead atoms. The summed E-state index contributed by atoms with van der Waals surface area (Å²) >= 11 is 5.93. The lowest BCUT2D eigenvalue weighted by molar-refractivity contribution is 0.0985. The summed E-state index contributed by atoms with van der Waals surface area (Å²) in [7, 11) is 0. The zero-order valence-corrected chi connectivity index (χ0v) is 10.2. The number of hydrogen-bond donors (Lipinski definition) is 0. The number of benzene rings is 1.